The highest BCUT2D eigenvalue weighted by Crippen LogP contribution is 2.47. The molecule has 1 saturated heterocycles. The van der Waals surface area contributed by atoms with Crippen molar-refractivity contribution in [1.29, 1.82) is 0 Å². The highest BCUT2D eigenvalue weighted by Gasteiger charge is 2.54. The summed E-state index contributed by atoms with van der Waals surface area (Å²) in [5, 5.41) is 4.23. The Balaban J connectivity index is 2.15. The molecule has 21 heavy (non-hydrogen) atoms. The van der Waals surface area contributed by atoms with E-state index in [1.165, 1.54) is 32.0 Å². The molecule has 7 heteroatoms. The van der Waals surface area contributed by atoms with Crippen LogP contribution in [0.5, 0.6) is 0 Å². The second-order valence-electron chi connectivity index (χ2n) is 4.88. The van der Waals surface area contributed by atoms with Crippen LogP contribution in [-0.4, -0.2) is 35.8 Å². The van der Waals surface area contributed by atoms with Crippen LogP contribution in [0.2, 0.25) is 0 Å². The fourth-order valence-corrected chi connectivity index (χ4v) is 3.52. The number of rotatable bonds is 5. The number of nitrogens with zero attached hydrogens (tertiary/aromatic N) is 1. The Hall–Kier alpha value is -1.76. The number of amides is 2. The van der Waals surface area contributed by atoms with Crippen LogP contribution < -0.4 is 5.32 Å². The molecule has 0 aliphatic carbocycles. The van der Waals surface area contributed by atoms with E-state index in [1.54, 1.807) is 10.3 Å². The van der Waals surface area contributed by atoms with E-state index in [4.69, 9.17) is 4.74 Å². The second-order valence-corrected chi connectivity index (χ2v) is 5.88. The number of thioether (sulfide) groups is 1. The average Bonchev–Trinajstić information content (AvgIpc) is 2.78. The minimum absolute atomic E-state index is 0.00987. The van der Waals surface area contributed by atoms with E-state index in [9.17, 15) is 14.4 Å². The number of fused-ring (bicyclic) bond motifs is 1. The molecular weight excluding hydrogens is 292 g/mol. The largest absolute Gasteiger partial charge is 0.464 e. The standard InChI is InChI=1S/C14H18N2O4S/c1-4-9-10-7-11(21-6-5-15-8(2)17)12(14(19)20-3)16(10)13(9)18/h5-6,9-10H,4,7H2,1-3H3,(H,15,17)/b6-5+/t9-,10-/m1/s1. The van der Waals surface area contributed by atoms with Crippen LogP contribution in [0.15, 0.2) is 22.2 Å². The maximum Gasteiger partial charge on any atom is 0.355 e. The molecule has 2 aliphatic heterocycles. The van der Waals surface area contributed by atoms with Crippen LogP contribution in [0, 0.1) is 5.92 Å². The third kappa shape index (κ3) is 2.83. The van der Waals surface area contributed by atoms with Gasteiger partial charge in [-0.2, -0.15) is 0 Å². The van der Waals surface area contributed by atoms with E-state index in [1.807, 2.05) is 6.92 Å². The SMILES string of the molecule is CC[C@H]1C(=O)N2C(C(=O)OC)=C(S/C=C/NC(C)=O)C[C@H]12. The fraction of sp³-hybridized carbons (Fsp3) is 0.500. The number of carbonyl (C=O) groups is 3. The summed E-state index contributed by atoms with van der Waals surface area (Å²) in [6.45, 7) is 3.39. The van der Waals surface area contributed by atoms with Crippen LogP contribution in [-0.2, 0) is 19.1 Å². The van der Waals surface area contributed by atoms with E-state index in [0.717, 1.165) is 11.3 Å². The Kier molecular flexibility index (Phi) is 4.72. The van der Waals surface area contributed by atoms with Crippen LogP contribution in [0.25, 0.3) is 0 Å². The Morgan fingerprint density at radius 2 is 2.24 bits per heavy atom. The number of hydrogen-bond acceptors (Lipinski definition) is 5. The van der Waals surface area contributed by atoms with Crippen LogP contribution in [0.1, 0.15) is 26.7 Å². The molecule has 0 saturated carbocycles. The maximum absolute atomic E-state index is 12.1. The van der Waals surface area contributed by atoms with E-state index in [0.29, 0.717) is 12.1 Å². The number of esters is 1. The van der Waals surface area contributed by atoms with Gasteiger partial charge in [0, 0.05) is 24.4 Å². The van der Waals surface area contributed by atoms with Gasteiger partial charge in [-0.15, -0.1) is 0 Å². The van der Waals surface area contributed by atoms with E-state index in [-0.39, 0.29) is 23.8 Å². The van der Waals surface area contributed by atoms with Gasteiger partial charge < -0.3 is 15.0 Å². The van der Waals surface area contributed by atoms with E-state index in [2.05, 4.69) is 5.32 Å². The molecule has 0 aromatic rings. The molecule has 2 amide bonds. The van der Waals surface area contributed by atoms with Gasteiger partial charge in [-0.3, -0.25) is 9.59 Å². The van der Waals surface area contributed by atoms with Crippen molar-refractivity contribution >= 4 is 29.5 Å². The Morgan fingerprint density at radius 3 is 2.81 bits per heavy atom. The van der Waals surface area contributed by atoms with Gasteiger partial charge in [0.05, 0.1) is 19.1 Å². The van der Waals surface area contributed by atoms with Gasteiger partial charge in [-0.05, 0) is 11.8 Å². The van der Waals surface area contributed by atoms with Crippen molar-refractivity contribution in [1.82, 2.24) is 10.2 Å². The smallest absolute Gasteiger partial charge is 0.355 e. The van der Waals surface area contributed by atoms with Crippen molar-refractivity contribution in [3.63, 3.8) is 0 Å². The van der Waals surface area contributed by atoms with Crippen LogP contribution >= 0.6 is 11.8 Å². The molecular formula is C14H18N2O4S. The zero-order valence-corrected chi connectivity index (χ0v) is 13.0. The zero-order chi connectivity index (χ0) is 15.6. The molecule has 0 radical (unpaired) electrons. The van der Waals surface area contributed by atoms with Gasteiger partial charge >= 0.3 is 5.97 Å². The molecule has 2 rings (SSSR count). The third-order valence-corrected chi connectivity index (χ3v) is 4.55. The number of methoxy groups -OCH3 is 1. The second kappa shape index (κ2) is 6.34. The molecule has 2 aliphatic rings. The molecule has 6 nitrogen and oxygen atoms in total. The van der Waals surface area contributed by atoms with Gasteiger partial charge in [0.1, 0.15) is 5.70 Å². The van der Waals surface area contributed by atoms with E-state index < -0.39 is 5.97 Å². The molecule has 114 valence electrons. The quantitative estimate of drug-likeness (QED) is 0.613. The highest BCUT2D eigenvalue weighted by atomic mass is 32.2. The summed E-state index contributed by atoms with van der Waals surface area (Å²) in [6.07, 6.45) is 2.95. The number of β-lactam (4-membered cyclic amide) rings is 1. The van der Waals surface area contributed by atoms with E-state index >= 15 is 0 Å². The first-order valence-corrected chi connectivity index (χ1v) is 7.62. The third-order valence-electron chi connectivity index (χ3n) is 3.63. The number of carbonyl (C=O) groups excluding carboxylic acids is 3. The van der Waals surface area contributed by atoms with Crippen molar-refractivity contribution in [2.24, 2.45) is 5.92 Å². The normalized spacial score (nSPS) is 24.1. The first kappa shape index (κ1) is 15.6. The molecule has 0 aromatic heterocycles. The molecule has 2 atom stereocenters. The molecule has 1 fully saturated rings. The lowest BCUT2D eigenvalue weighted by Gasteiger charge is -2.43. The zero-order valence-electron chi connectivity index (χ0n) is 12.2. The minimum Gasteiger partial charge on any atom is -0.464 e. The average molecular weight is 310 g/mol. The number of ether oxygens (including phenoxy) is 1. The highest BCUT2D eigenvalue weighted by molar-refractivity contribution is 8.05. The van der Waals surface area contributed by atoms with Gasteiger partial charge in [0.25, 0.3) is 0 Å². The summed E-state index contributed by atoms with van der Waals surface area (Å²) in [5.74, 6) is -0.673. The number of nitrogens with one attached hydrogen (secondary N) is 1. The lowest BCUT2D eigenvalue weighted by molar-refractivity contribution is -0.155. The predicted molar refractivity (Wildman–Crippen MR) is 78.6 cm³/mol. The summed E-state index contributed by atoms with van der Waals surface area (Å²) in [4.78, 5) is 37.1. The van der Waals surface area contributed by atoms with Crippen molar-refractivity contribution in [2.45, 2.75) is 32.7 Å². The summed E-state index contributed by atoms with van der Waals surface area (Å²) < 4.78 is 4.78. The molecule has 2 heterocycles. The number of hydrogen-bond donors (Lipinski definition) is 1. The topological polar surface area (TPSA) is 75.7 Å². The fourth-order valence-electron chi connectivity index (χ4n) is 2.66. The maximum atomic E-state index is 12.1. The van der Waals surface area contributed by atoms with Crippen molar-refractivity contribution in [2.75, 3.05) is 7.11 Å². The Morgan fingerprint density at radius 1 is 1.52 bits per heavy atom. The first-order valence-electron chi connectivity index (χ1n) is 6.74. The van der Waals surface area contributed by atoms with Gasteiger partial charge in [0.15, 0.2) is 0 Å². The van der Waals surface area contributed by atoms with Crippen LogP contribution in [0.4, 0.5) is 0 Å². The van der Waals surface area contributed by atoms with Gasteiger partial charge in [-0.25, -0.2) is 4.79 Å². The summed E-state index contributed by atoms with van der Waals surface area (Å²) >= 11 is 1.33. The Labute approximate surface area is 127 Å². The van der Waals surface area contributed by atoms with Crippen LogP contribution in [0.3, 0.4) is 0 Å². The van der Waals surface area contributed by atoms with Crippen molar-refractivity contribution < 1.29 is 19.1 Å². The molecule has 0 bridgehead atoms. The van der Waals surface area contributed by atoms with Crippen molar-refractivity contribution in [3.05, 3.63) is 22.2 Å². The lowest BCUT2D eigenvalue weighted by atomic mass is 9.85. The van der Waals surface area contributed by atoms with Gasteiger partial charge in [-0.1, -0.05) is 18.7 Å². The van der Waals surface area contributed by atoms with Gasteiger partial charge in [0.2, 0.25) is 11.8 Å². The van der Waals surface area contributed by atoms with Crippen molar-refractivity contribution in [3.8, 4) is 0 Å². The molecule has 0 unspecified atom stereocenters. The monoisotopic (exact) mass is 310 g/mol. The lowest BCUT2D eigenvalue weighted by Crippen LogP contribution is -2.58. The summed E-state index contributed by atoms with van der Waals surface area (Å²) in [7, 11) is 1.31. The molecule has 0 aromatic carbocycles. The molecule has 0 spiro atoms. The minimum atomic E-state index is -0.490. The molecule has 1 N–H and O–H groups in total. The summed E-state index contributed by atoms with van der Waals surface area (Å²) in [6, 6.07) is 0.0632. The summed E-state index contributed by atoms with van der Waals surface area (Å²) in [5.41, 5.74) is 0.342. The predicted octanol–water partition coefficient (Wildman–Crippen LogP) is 1.35. The first-order chi connectivity index (χ1) is 10.0. The Bertz CT molecular complexity index is 541.